The first kappa shape index (κ1) is 7.85. The smallest absolute Gasteiger partial charge is 0.222 e. The molecule has 72 valence electrons. The number of ether oxygens (including phenoxy) is 1. The SMILES string of the molecule is O=C1CC(c2ccc3c(c2)CCO3)N1. The summed E-state index contributed by atoms with van der Waals surface area (Å²) < 4.78 is 5.42. The van der Waals surface area contributed by atoms with Gasteiger partial charge in [0.05, 0.1) is 19.1 Å². The standard InChI is InChI=1S/C11H11NO2/c13-11-6-9(12-11)7-1-2-10-8(5-7)3-4-14-10/h1-2,5,9H,3-4,6H2,(H,12,13). The largest absolute Gasteiger partial charge is 0.493 e. The third kappa shape index (κ3) is 1.09. The molecule has 3 rings (SSSR count). The predicted molar refractivity (Wildman–Crippen MR) is 51.1 cm³/mol. The van der Waals surface area contributed by atoms with E-state index in [1.165, 1.54) is 11.1 Å². The van der Waals surface area contributed by atoms with Crippen molar-refractivity contribution < 1.29 is 9.53 Å². The maximum absolute atomic E-state index is 10.8. The molecule has 0 saturated carbocycles. The van der Waals surface area contributed by atoms with Gasteiger partial charge in [-0.3, -0.25) is 4.79 Å². The van der Waals surface area contributed by atoms with Gasteiger partial charge in [-0.2, -0.15) is 0 Å². The van der Waals surface area contributed by atoms with Gasteiger partial charge in [-0.25, -0.2) is 0 Å². The molecule has 1 N–H and O–H groups in total. The monoisotopic (exact) mass is 189 g/mol. The van der Waals surface area contributed by atoms with Gasteiger partial charge in [-0.1, -0.05) is 6.07 Å². The summed E-state index contributed by atoms with van der Waals surface area (Å²) >= 11 is 0. The molecule has 0 aliphatic carbocycles. The zero-order valence-electron chi connectivity index (χ0n) is 7.75. The Bertz CT molecular complexity index is 392. The van der Waals surface area contributed by atoms with Gasteiger partial charge >= 0.3 is 0 Å². The molecular formula is C11H11NO2. The molecule has 1 aromatic carbocycles. The Morgan fingerprint density at radius 3 is 3.07 bits per heavy atom. The van der Waals surface area contributed by atoms with E-state index in [9.17, 15) is 4.79 Å². The Hall–Kier alpha value is -1.51. The van der Waals surface area contributed by atoms with Crippen molar-refractivity contribution in [3.8, 4) is 5.75 Å². The van der Waals surface area contributed by atoms with Crippen LogP contribution in [0.25, 0.3) is 0 Å². The second-order valence-electron chi connectivity index (χ2n) is 3.79. The van der Waals surface area contributed by atoms with Crippen LogP contribution in [0.15, 0.2) is 18.2 Å². The molecule has 2 aliphatic rings. The zero-order valence-corrected chi connectivity index (χ0v) is 7.75. The van der Waals surface area contributed by atoms with Crippen LogP contribution in [0.4, 0.5) is 0 Å². The summed E-state index contributed by atoms with van der Waals surface area (Å²) in [7, 11) is 0. The molecule has 1 atom stereocenters. The molecule has 2 aliphatic heterocycles. The fourth-order valence-electron chi connectivity index (χ4n) is 1.98. The highest BCUT2D eigenvalue weighted by atomic mass is 16.5. The molecule has 0 bridgehead atoms. The average molecular weight is 189 g/mol. The van der Waals surface area contributed by atoms with Crippen LogP contribution in [0.2, 0.25) is 0 Å². The third-order valence-corrected chi connectivity index (χ3v) is 2.84. The molecule has 1 unspecified atom stereocenters. The maximum Gasteiger partial charge on any atom is 0.222 e. The molecule has 0 aromatic heterocycles. The van der Waals surface area contributed by atoms with Crippen LogP contribution in [0.5, 0.6) is 5.75 Å². The highest BCUT2D eigenvalue weighted by Crippen LogP contribution is 2.31. The topological polar surface area (TPSA) is 38.3 Å². The van der Waals surface area contributed by atoms with E-state index in [2.05, 4.69) is 11.4 Å². The molecule has 0 spiro atoms. The van der Waals surface area contributed by atoms with Crippen LogP contribution >= 0.6 is 0 Å². The van der Waals surface area contributed by atoms with E-state index in [0.717, 1.165) is 18.8 Å². The number of fused-ring (bicyclic) bond motifs is 1. The fourth-order valence-corrected chi connectivity index (χ4v) is 1.98. The molecule has 1 aromatic rings. The molecule has 0 radical (unpaired) electrons. The number of β-lactam (4-membered cyclic amide) rings is 1. The van der Waals surface area contributed by atoms with Gasteiger partial charge in [-0.05, 0) is 23.3 Å². The van der Waals surface area contributed by atoms with E-state index in [4.69, 9.17) is 4.74 Å². The van der Waals surface area contributed by atoms with Crippen molar-refractivity contribution in [2.45, 2.75) is 18.9 Å². The summed E-state index contributed by atoms with van der Waals surface area (Å²) in [4.78, 5) is 10.8. The molecule has 2 heterocycles. The first-order valence-electron chi connectivity index (χ1n) is 4.88. The lowest BCUT2D eigenvalue weighted by molar-refractivity contribution is -0.128. The normalized spacial score (nSPS) is 23.4. The van der Waals surface area contributed by atoms with Gasteiger partial charge in [-0.15, -0.1) is 0 Å². The first-order valence-corrected chi connectivity index (χ1v) is 4.88. The minimum absolute atomic E-state index is 0.145. The fraction of sp³-hybridized carbons (Fsp3) is 0.364. The van der Waals surface area contributed by atoms with Crippen molar-refractivity contribution in [3.05, 3.63) is 29.3 Å². The van der Waals surface area contributed by atoms with Crippen LogP contribution in [-0.2, 0) is 11.2 Å². The zero-order chi connectivity index (χ0) is 9.54. The second kappa shape index (κ2) is 2.74. The highest BCUT2D eigenvalue weighted by molar-refractivity contribution is 5.83. The number of rotatable bonds is 1. The molecule has 1 fully saturated rings. The van der Waals surface area contributed by atoms with Crippen LogP contribution in [-0.4, -0.2) is 12.5 Å². The quantitative estimate of drug-likeness (QED) is 0.674. The van der Waals surface area contributed by atoms with Gasteiger partial charge in [0.1, 0.15) is 5.75 Å². The lowest BCUT2D eigenvalue weighted by Gasteiger charge is -2.27. The average Bonchev–Trinajstić information content (AvgIpc) is 2.59. The van der Waals surface area contributed by atoms with E-state index in [0.29, 0.717) is 6.42 Å². The van der Waals surface area contributed by atoms with Gasteiger partial charge in [0.15, 0.2) is 0 Å². The van der Waals surface area contributed by atoms with Crippen molar-refractivity contribution in [3.63, 3.8) is 0 Å². The van der Waals surface area contributed by atoms with Crippen LogP contribution in [0.3, 0.4) is 0 Å². The van der Waals surface area contributed by atoms with E-state index in [1.54, 1.807) is 0 Å². The molecule has 3 nitrogen and oxygen atoms in total. The summed E-state index contributed by atoms with van der Waals surface area (Å²) in [5.41, 5.74) is 2.47. The van der Waals surface area contributed by atoms with Crippen molar-refractivity contribution >= 4 is 5.91 Å². The summed E-state index contributed by atoms with van der Waals surface area (Å²) in [6, 6.07) is 6.41. The van der Waals surface area contributed by atoms with Gasteiger partial charge < -0.3 is 10.1 Å². The Balaban J connectivity index is 1.89. The van der Waals surface area contributed by atoms with E-state index in [1.807, 2.05) is 12.1 Å². The summed E-state index contributed by atoms with van der Waals surface area (Å²) in [5, 5.41) is 2.87. The van der Waals surface area contributed by atoms with Crippen molar-refractivity contribution in [1.82, 2.24) is 5.32 Å². The number of amides is 1. The van der Waals surface area contributed by atoms with Gasteiger partial charge in [0.2, 0.25) is 5.91 Å². The number of hydrogen-bond donors (Lipinski definition) is 1. The Kier molecular flexibility index (Phi) is 1.54. The summed E-state index contributed by atoms with van der Waals surface area (Å²) in [5.74, 6) is 1.14. The Morgan fingerprint density at radius 1 is 1.43 bits per heavy atom. The lowest BCUT2D eigenvalue weighted by Crippen LogP contribution is -2.41. The van der Waals surface area contributed by atoms with Crippen molar-refractivity contribution in [2.24, 2.45) is 0 Å². The number of nitrogens with one attached hydrogen (secondary N) is 1. The van der Waals surface area contributed by atoms with E-state index >= 15 is 0 Å². The van der Waals surface area contributed by atoms with E-state index < -0.39 is 0 Å². The number of benzene rings is 1. The van der Waals surface area contributed by atoms with Crippen LogP contribution in [0, 0.1) is 0 Å². The van der Waals surface area contributed by atoms with E-state index in [-0.39, 0.29) is 11.9 Å². The first-order chi connectivity index (χ1) is 6.83. The minimum atomic E-state index is 0.145. The summed E-state index contributed by atoms with van der Waals surface area (Å²) in [6.07, 6.45) is 1.61. The van der Waals surface area contributed by atoms with Crippen molar-refractivity contribution in [1.29, 1.82) is 0 Å². The van der Waals surface area contributed by atoms with Crippen LogP contribution in [0.1, 0.15) is 23.6 Å². The molecule has 3 heteroatoms. The van der Waals surface area contributed by atoms with Gasteiger partial charge in [0.25, 0.3) is 0 Å². The predicted octanol–water partition coefficient (Wildman–Crippen LogP) is 1.18. The molecular weight excluding hydrogens is 178 g/mol. The molecule has 1 amide bonds. The second-order valence-corrected chi connectivity index (χ2v) is 3.79. The van der Waals surface area contributed by atoms with Gasteiger partial charge in [0, 0.05) is 6.42 Å². The van der Waals surface area contributed by atoms with Crippen molar-refractivity contribution in [2.75, 3.05) is 6.61 Å². The highest BCUT2D eigenvalue weighted by Gasteiger charge is 2.27. The third-order valence-electron chi connectivity index (χ3n) is 2.84. The summed E-state index contributed by atoms with van der Waals surface area (Å²) in [6.45, 7) is 0.788. The Morgan fingerprint density at radius 2 is 2.29 bits per heavy atom. The molecule has 14 heavy (non-hydrogen) atoms. The Labute approximate surface area is 82.1 Å². The van der Waals surface area contributed by atoms with Crippen LogP contribution < -0.4 is 10.1 Å². The number of carbonyl (C=O) groups excluding carboxylic acids is 1. The lowest BCUT2D eigenvalue weighted by atomic mass is 9.95. The molecule has 1 saturated heterocycles. The number of hydrogen-bond acceptors (Lipinski definition) is 2. The number of carbonyl (C=O) groups is 1. The maximum atomic E-state index is 10.8. The minimum Gasteiger partial charge on any atom is -0.493 e.